The maximum Gasteiger partial charge on any atom is 0.275 e. The first-order chi connectivity index (χ1) is 14.5. The van der Waals surface area contributed by atoms with Gasteiger partial charge in [-0.05, 0) is 62.3 Å². The number of fused-ring (bicyclic) bond motifs is 3. The van der Waals surface area contributed by atoms with Crippen LogP contribution < -0.4 is 5.56 Å². The predicted molar refractivity (Wildman–Crippen MR) is 113 cm³/mol. The van der Waals surface area contributed by atoms with Gasteiger partial charge in [0.2, 0.25) is 5.91 Å². The van der Waals surface area contributed by atoms with Crippen LogP contribution >= 0.6 is 0 Å². The zero-order valence-electron chi connectivity index (χ0n) is 16.9. The molecule has 154 valence electrons. The van der Waals surface area contributed by atoms with Crippen molar-refractivity contribution in [3.05, 3.63) is 76.5 Å². The van der Waals surface area contributed by atoms with Gasteiger partial charge in [-0.3, -0.25) is 9.59 Å². The van der Waals surface area contributed by atoms with Crippen molar-refractivity contribution >= 4 is 16.7 Å². The lowest BCUT2D eigenvalue weighted by Crippen LogP contribution is -2.49. The Hall–Kier alpha value is -3.02. The molecular formula is C24H24FN3O2. The third-order valence-electron chi connectivity index (χ3n) is 6.77. The largest absolute Gasteiger partial charge is 0.335 e. The van der Waals surface area contributed by atoms with E-state index in [2.05, 4.69) is 5.10 Å². The van der Waals surface area contributed by atoms with E-state index in [0.29, 0.717) is 11.3 Å². The molecule has 4 atom stereocenters. The zero-order chi connectivity index (χ0) is 20.8. The van der Waals surface area contributed by atoms with Crippen LogP contribution in [0.1, 0.15) is 50.1 Å². The normalized spacial score (nSPS) is 24.2. The highest BCUT2D eigenvalue weighted by atomic mass is 19.1. The smallest absolute Gasteiger partial charge is 0.275 e. The summed E-state index contributed by atoms with van der Waals surface area (Å²) in [5, 5.41) is 5.64. The van der Waals surface area contributed by atoms with E-state index in [0.717, 1.165) is 36.6 Å². The molecule has 0 aliphatic carbocycles. The van der Waals surface area contributed by atoms with Crippen LogP contribution in [0.3, 0.4) is 0 Å². The number of piperidine rings is 1. The highest BCUT2D eigenvalue weighted by Gasteiger charge is 2.45. The Morgan fingerprint density at radius 2 is 1.73 bits per heavy atom. The van der Waals surface area contributed by atoms with Crippen LogP contribution in [0.25, 0.3) is 10.8 Å². The third kappa shape index (κ3) is 3.11. The van der Waals surface area contributed by atoms with Gasteiger partial charge in [0, 0.05) is 17.5 Å². The molecule has 5 nitrogen and oxygen atoms in total. The van der Waals surface area contributed by atoms with E-state index in [1.54, 1.807) is 19.2 Å². The predicted octanol–water partition coefficient (Wildman–Crippen LogP) is 4.03. The summed E-state index contributed by atoms with van der Waals surface area (Å²) in [7, 11) is 0. The Morgan fingerprint density at radius 3 is 2.43 bits per heavy atom. The summed E-state index contributed by atoms with van der Waals surface area (Å²) < 4.78 is 14.6. The maximum absolute atomic E-state index is 13.4. The molecule has 6 heteroatoms. The quantitative estimate of drug-likeness (QED) is 0.661. The maximum atomic E-state index is 13.4. The molecule has 5 rings (SSSR count). The Labute approximate surface area is 174 Å². The number of carbonyl (C=O) groups excluding carboxylic acids is 1. The molecular weight excluding hydrogens is 381 g/mol. The Bertz CT molecular complexity index is 1140. The van der Waals surface area contributed by atoms with Crippen molar-refractivity contribution in [2.24, 2.45) is 0 Å². The first kappa shape index (κ1) is 19.0. The van der Waals surface area contributed by atoms with Gasteiger partial charge < -0.3 is 4.90 Å². The molecule has 0 spiro atoms. The summed E-state index contributed by atoms with van der Waals surface area (Å²) in [5.41, 5.74) is 0.906. The Morgan fingerprint density at radius 1 is 1.07 bits per heavy atom. The number of hydrogen-bond acceptors (Lipinski definition) is 3. The monoisotopic (exact) mass is 405 g/mol. The Balaban J connectivity index is 1.39. The van der Waals surface area contributed by atoms with E-state index in [1.165, 1.54) is 16.8 Å². The molecule has 3 aromatic rings. The van der Waals surface area contributed by atoms with Gasteiger partial charge in [-0.25, -0.2) is 9.07 Å². The molecule has 2 saturated heterocycles. The average molecular weight is 405 g/mol. The summed E-state index contributed by atoms with van der Waals surface area (Å²) in [4.78, 5) is 28.3. The Kier molecular flexibility index (Phi) is 4.65. The van der Waals surface area contributed by atoms with E-state index in [4.69, 9.17) is 0 Å². The summed E-state index contributed by atoms with van der Waals surface area (Å²) in [6, 6.07) is 13.7. The van der Waals surface area contributed by atoms with Gasteiger partial charge in [0.1, 0.15) is 11.9 Å². The van der Waals surface area contributed by atoms with Crippen molar-refractivity contribution in [1.82, 2.24) is 14.7 Å². The van der Waals surface area contributed by atoms with Crippen molar-refractivity contribution in [2.45, 2.75) is 56.7 Å². The molecule has 0 N–H and O–H groups in total. The van der Waals surface area contributed by atoms with Crippen molar-refractivity contribution in [1.29, 1.82) is 0 Å². The molecule has 2 aliphatic rings. The van der Waals surface area contributed by atoms with Crippen LogP contribution in [0.15, 0.2) is 59.5 Å². The van der Waals surface area contributed by atoms with E-state index in [9.17, 15) is 14.0 Å². The molecule has 1 unspecified atom stereocenters. The lowest BCUT2D eigenvalue weighted by molar-refractivity contribution is -0.139. The molecule has 2 aliphatic heterocycles. The topological polar surface area (TPSA) is 55.2 Å². The van der Waals surface area contributed by atoms with Crippen molar-refractivity contribution in [3.63, 3.8) is 0 Å². The second-order valence-electron chi connectivity index (χ2n) is 8.51. The number of nitrogens with zero attached hydrogens (tertiary/aromatic N) is 3. The van der Waals surface area contributed by atoms with E-state index >= 15 is 0 Å². The number of amides is 1. The van der Waals surface area contributed by atoms with E-state index in [-0.39, 0.29) is 29.4 Å². The van der Waals surface area contributed by atoms with E-state index in [1.807, 2.05) is 35.2 Å². The number of rotatable bonds is 3. The third-order valence-corrected chi connectivity index (χ3v) is 6.77. The van der Waals surface area contributed by atoms with Gasteiger partial charge in [0.25, 0.3) is 5.56 Å². The minimum Gasteiger partial charge on any atom is -0.335 e. The van der Waals surface area contributed by atoms with Crippen LogP contribution in [0.4, 0.5) is 4.39 Å². The molecule has 2 fully saturated rings. The second-order valence-corrected chi connectivity index (χ2v) is 8.51. The number of halogens is 1. The molecule has 30 heavy (non-hydrogen) atoms. The average Bonchev–Trinajstić information content (AvgIpc) is 3.03. The summed E-state index contributed by atoms with van der Waals surface area (Å²) in [6.45, 7) is 1.76. The number of aromatic nitrogens is 2. The van der Waals surface area contributed by atoms with E-state index < -0.39 is 6.04 Å². The first-order valence-corrected chi connectivity index (χ1v) is 10.6. The molecule has 0 saturated carbocycles. The van der Waals surface area contributed by atoms with Crippen molar-refractivity contribution in [2.75, 3.05) is 0 Å². The minimum absolute atomic E-state index is 0.0371. The van der Waals surface area contributed by atoms with Crippen LogP contribution in [-0.2, 0) is 4.79 Å². The van der Waals surface area contributed by atoms with Gasteiger partial charge in [-0.15, -0.1) is 0 Å². The minimum atomic E-state index is -0.646. The zero-order valence-corrected chi connectivity index (χ0v) is 16.9. The second kappa shape index (κ2) is 7.35. The summed E-state index contributed by atoms with van der Waals surface area (Å²) in [5.74, 6) is 0.0744. The lowest BCUT2D eigenvalue weighted by atomic mass is 9.85. The number of carbonyl (C=O) groups is 1. The van der Waals surface area contributed by atoms with Crippen molar-refractivity contribution < 1.29 is 9.18 Å². The first-order valence-electron chi connectivity index (χ1n) is 10.6. The van der Waals surface area contributed by atoms with Gasteiger partial charge >= 0.3 is 0 Å². The molecule has 0 radical (unpaired) electrons. The highest BCUT2D eigenvalue weighted by Crippen LogP contribution is 2.43. The lowest BCUT2D eigenvalue weighted by Gasteiger charge is -2.40. The summed E-state index contributed by atoms with van der Waals surface area (Å²) in [6.07, 6.45) is 5.35. The van der Waals surface area contributed by atoms with Crippen LogP contribution in [0, 0.1) is 5.82 Å². The fourth-order valence-electron chi connectivity index (χ4n) is 5.24. The number of hydrogen-bond donors (Lipinski definition) is 0. The standard InChI is InChI=1S/C24H24FN3O2/c1-15(28-24(30)22-5-3-2-4-17(22)14-26-28)23(29)27-20-10-11-21(27)13-18(12-20)16-6-8-19(25)9-7-16/h2-9,14-15,18,20-21H,10-13H2,1H3/t15-,18?,20-,21+/m0/s1. The van der Waals surface area contributed by atoms with Crippen LogP contribution in [-0.4, -0.2) is 32.7 Å². The summed E-state index contributed by atoms with van der Waals surface area (Å²) >= 11 is 0. The van der Waals surface area contributed by atoms with Crippen LogP contribution in [0.2, 0.25) is 0 Å². The van der Waals surface area contributed by atoms with Crippen LogP contribution in [0.5, 0.6) is 0 Å². The molecule has 2 aromatic carbocycles. The van der Waals surface area contributed by atoms with Crippen molar-refractivity contribution in [3.8, 4) is 0 Å². The number of benzene rings is 2. The van der Waals surface area contributed by atoms with Gasteiger partial charge in [0.15, 0.2) is 0 Å². The highest BCUT2D eigenvalue weighted by molar-refractivity contribution is 5.83. The van der Waals surface area contributed by atoms with Gasteiger partial charge in [0.05, 0.1) is 11.6 Å². The molecule has 3 heterocycles. The van der Waals surface area contributed by atoms with Gasteiger partial charge in [-0.2, -0.15) is 5.10 Å². The molecule has 1 amide bonds. The SMILES string of the molecule is C[C@@H](C(=O)N1[C@@H]2CC[C@H]1CC(c1ccc(F)cc1)C2)n1ncc2ccccc2c1=O. The fourth-order valence-corrected chi connectivity index (χ4v) is 5.24. The molecule has 2 bridgehead atoms. The van der Waals surface area contributed by atoms with Gasteiger partial charge in [-0.1, -0.05) is 30.3 Å². The fraction of sp³-hybridized carbons (Fsp3) is 0.375. The molecule has 1 aromatic heterocycles.